The molecule has 0 aromatic heterocycles. The number of unbranched alkanes of at least 4 members (excludes halogenated alkanes) is 1. The SMILES string of the molecule is COc1ccc([N+](=O)[O-])cc1S(=O)(=O)NCCCCN1C[C@@H](C)O[C@@H](C)C1. The van der Waals surface area contributed by atoms with Crippen molar-refractivity contribution in [2.75, 3.05) is 33.3 Å². The lowest BCUT2D eigenvalue weighted by Crippen LogP contribution is -2.45. The number of nitro benzene ring substituents is 1. The molecule has 1 fully saturated rings. The van der Waals surface area contributed by atoms with E-state index in [1.54, 1.807) is 0 Å². The van der Waals surface area contributed by atoms with Gasteiger partial charge < -0.3 is 9.47 Å². The molecule has 1 aliphatic rings. The standard InChI is InChI=1S/C17H27N3O6S/c1-13-11-19(12-14(2)26-13)9-5-4-8-18-27(23,24)17-10-15(20(21)22)6-7-16(17)25-3/h6-7,10,13-14,18H,4-5,8-9,11-12H2,1-3H3/t13-,14+. The Labute approximate surface area is 159 Å². The van der Waals surface area contributed by atoms with Crippen molar-refractivity contribution in [2.24, 2.45) is 0 Å². The van der Waals surface area contributed by atoms with Gasteiger partial charge in [0.1, 0.15) is 10.6 Å². The largest absolute Gasteiger partial charge is 0.495 e. The van der Waals surface area contributed by atoms with Crippen LogP contribution in [-0.4, -0.2) is 63.7 Å². The maximum absolute atomic E-state index is 12.5. The smallest absolute Gasteiger partial charge is 0.271 e. The number of hydrogen-bond donors (Lipinski definition) is 1. The summed E-state index contributed by atoms with van der Waals surface area (Å²) in [6.07, 6.45) is 1.91. The molecule has 2 atom stereocenters. The molecule has 1 aliphatic heterocycles. The van der Waals surface area contributed by atoms with Gasteiger partial charge in [-0.3, -0.25) is 15.0 Å². The molecule has 1 aromatic rings. The molecule has 10 heteroatoms. The van der Waals surface area contributed by atoms with E-state index < -0.39 is 14.9 Å². The molecule has 0 spiro atoms. The van der Waals surface area contributed by atoms with Gasteiger partial charge in [0.15, 0.2) is 0 Å². The number of rotatable bonds is 9. The van der Waals surface area contributed by atoms with Gasteiger partial charge >= 0.3 is 0 Å². The van der Waals surface area contributed by atoms with Gasteiger partial charge in [-0.15, -0.1) is 0 Å². The lowest BCUT2D eigenvalue weighted by Gasteiger charge is -2.35. The molecule has 1 aromatic carbocycles. The summed E-state index contributed by atoms with van der Waals surface area (Å²) in [6, 6.07) is 3.51. The number of hydrogen-bond acceptors (Lipinski definition) is 7. The van der Waals surface area contributed by atoms with Crippen LogP contribution in [0.2, 0.25) is 0 Å². The lowest BCUT2D eigenvalue weighted by atomic mass is 10.2. The zero-order valence-corrected chi connectivity index (χ0v) is 16.7. The normalized spacial score (nSPS) is 21.1. The molecule has 1 N–H and O–H groups in total. The number of non-ortho nitro benzene ring substituents is 1. The maximum Gasteiger partial charge on any atom is 0.271 e. The first-order chi connectivity index (χ1) is 12.7. The molecular formula is C17H27N3O6S. The number of ether oxygens (including phenoxy) is 2. The molecule has 152 valence electrons. The van der Waals surface area contributed by atoms with Crippen molar-refractivity contribution in [2.45, 2.75) is 43.8 Å². The highest BCUT2D eigenvalue weighted by Gasteiger charge is 2.23. The van der Waals surface area contributed by atoms with Crippen molar-refractivity contribution < 1.29 is 22.8 Å². The molecule has 0 saturated carbocycles. The summed E-state index contributed by atoms with van der Waals surface area (Å²) in [5.74, 6) is 0.0735. The van der Waals surface area contributed by atoms with Gasteiger partial charge in [-0.05, 0) is 39.3 Å². The molecule has 0 unspecified atom stereocenters. The van der Waals surface area contributed by atoms with E-state index in [0.29, 0.717) is 6.42 Å². The van der Waals surface area contributed by atoms with E-state index in [0.717, 1.165) is 32.1 Å². The highest BCUT2D eigenvalue weighted by molar-refractivity contribution is 7.89. The quantitative estimate of drug-likeness (QED) is 0.381. The van der Waals surface area contributed by atoms with Crippen LogP contribution in [0, 0.1) is 10.1 Å². The topological polar surface area (TPSA) is 111 Å². The minimum Gasteiger partial charge on any atom is -0.495 e. The Morgan fingerprint density at radius 3 is 2.56 bits per heavy atom. The Hall–Kier alpha value is -1.75. The first-order valence-electron chi connectivity index (χ1n) is 8.93. The molecule has 0 radical (unpaired) electrons. The van der Waals surface area contributed by atoms with Gasteiger partial charge in [-0.2, -0.15) is 0 Å². The summed E-state index contributed by atoms with van der Waals surface area (Å²) in [5.41, 5.74) is -0.299. The first kappa shape index (κ1) is 21.5. The van der Waals surface area contributed by atoms with Crippen molar-refractivity contribution in [3.05, 3.63) is 28.3 Å². The van der Waals surface area contributed by atoms with Gasteiger partial charge in [-0.25, -0.2) is 13.1 Å². The third kappa shape index (κ3) is 6.13. The molecule has 1 saturated heterocycles. The molecule has 0 bridgehead atoms. The molecule has 9 nitrogen and oxygen atoms in total. The Morgan fingerprint density at radius 1 is 1.30 bits per heavy atom. The Bertz CT molecular complexity index is 745. The number of sulfonamides is 1. The van der Waals surface area contributed by atoms with Crippen molar-refractivity contribution in [1.29, 1.82) is 0 Å². The van der Waals surface area contributed by atoms with E-state index in [1.165, 1.54) is 19.2 Å². The van der Waals surface area contributed by atoms with Gasteiger partial charge in [0.25, 0.3) is 5.69 Å². The predicted molar refractivity (Wildman–Crippen MR) is 101 cm³/mol. The van der Waals surface area contributed by atoms with Crippen LogP contribution in [0.1, 0.15) is 26.7 Å². The summed E-state index contributed by atoms with van der Waals surface area (Å²) >= 11 is 0. The minimum atomic E-state index is -3.89. The zero-order valence-electron chi connectivity index (χ0n) is 15.9. The Morgan fingerprint density at radius 2 is 1.96 bits per heavy atom. The van der Waals surface area contributed by atoms with Crippen molar-refractivity contribution in [1.82, 2.24) is 9.62 Å². The number of nitro groups is 1. The van der Waals surface area contributed by atoms with Crippen LogP contribution in [0.25, 0.3) is 0 Å². The summed E-state index contributed by atoms with van der Waals surface area (Å²) in [6.45, 7) is 6.97. The number of benzene rings is 1. The summed E-state index contributed by atoms with van der Waals surface area (Å²) in [5, 5.41) is 10.9. The van der Waals surface area contributed by atoms with Crippen LogP contribution in [0.4, 0.5) is 5.69 Å². The maximum atomic E-state index is 12.5. The van der Waals surface area contributed by atoms with Gasteiger partial charge in [0, 0.05) is 31.8 Å². The summed E-state index contributed by atoms with van der Waals surface area (Å²) in [7, 11) is -2.57. The molecular weight excluding hydrogens is 374 g/mol. The van der Waals surface area contributed by atoms with Crippen molar-refractivity contribution >= 4 is 15.7 Å². The molecule has 2 rings (SSSR count). The van der Waals surface area contributed by atoms with Crippen molar-refractivity contribution in [3.8, 4) is 5.75 Å². The predicted octanol–water partition coefficient (Wildman–Crippen LogP) is 1.77. The second kappa shape index (κ2) is 9.45. The minimum absolute atomic E-state index is 0.0735. The number of nitrogens with zero attached hydrogens (tertiary/aromatic N) is 2. The van der Waals surface area contributed by atoms with E-state index in [9.17, 15) is 18.5 Å². The van der Waals surface area contributed by atoms with Crippen LogP contribution in [-0.2, 0) is 14.8 Å². The van der Waals surface area contributed by atoms with E-state index in [4.69, 9.17) is 9.47 Å². The fourth-order valence-electron chi connectivity index (χ4n) is 3.20. The van der Waals surface area contributed by atoms with Crippen LogP contribution in [0.3, 0.4) is 0 Å². The molecule has 1 heterocycles. The molecule has 0 aliphatic carbocycles. The second-order valence-corrected chi connectivity index (χ2v) is 8.45. The van der Waals surface area contributed by atoms with Gasteiger partial charge in [0.05, 0.1) is 24.2 Å². The Kier molecular flexibility index (Phi) is 7.54. The average Bonchev–Trinajstić information content (AvgIpc) is 2.59. The third-order valence-corrected chi connectivity index (χ3v) is 5.82. The summed E-state index contributed by atoms with van der Waals surface area (Å²) < 4.78 is 38.2. The number of methoxy groups -OCH3 is 1. The van der Waals surface area contributed by atoms with Gasteiger partial charge in [-0.1, -0.05) is 0 Å². The van der Waals surface area contributed by atoms with Crippen LogP contribution >= 0.6 is 0 Å². The second-order valence-electron chi connectivity index (χ2n) is 6.71. The molecule has 27 heavy (non-hydrogen) atoms. The highest BCUT2D eigenvalue weighted by Crippen LogP contribution is 2.27. The van der Waals surface area contributed by atoms with E-state index in [-0.39, 0.29) is 35.1 Å². The fraction of sp³-hybridized carbons (Fsp3) is 0.647. The summed E-state index contributed by atoms with van der Waals surface area (Å²) in [4.78, 5) is 12.4. The van der Waals surface area contributed by atoms with Crippen LogP contribution in [0.5, 0.6) is 5.75 Å². The van der Waals surface area contributed by atoms with Crippen LogP contribution in [0.15, 0.2) is 23.1 Å². The average molecular weight is 401 g/mol. The van der Waals surface area contributed by atoms with E-state index in [1.807, 2.05) is 13.8 Å². The van der Waals surface area contributed by atoms with E-state index >= 15 is 0 Å². The monoisotopic (exact) mass is 401 g/mol. The number of nitrogens with one attached hydrogen (secondary N) is 1. The molecule has 0 amide bonds. The third-order valence-electron chi connectivity index (χ3n) is 4.34. The van der Waals surface area contributed by atoms with Crippen molar-refractivity contribution in [3.63, 3.8) is 0 Å². The van der Waals surface area contributed by atoms with E-state index in [2.05, 4.69) is 9.62 Å². The van der Waals surface area contributed by atoms with Gasteiger partial charge in [0.2, 0.25) is 10.0 Å². The first-order valence-corrected chi connectivity index (χ1v) is 10.4. The zero-order chi connectivity index (χ0) is 20.0. The fourth-order valence-corrected chi connectivity index (χ4v) is 4.46. The number of morpholine rings is 1. The lowest BCUT2D eigenvalue weighted by molar-refractivity contribution is -0.385. The Balaban J connectivity index is 1.88. The highest BCUT2D eigenvalue weighted by atomic mass is 32.2. The van der Waals surface area contributed by atoms with Crippen LogP contribution < -0.4 is 9.46 Å².